The van der Waals surface area contributed by atoms with E-state index in [4.69, 9.17) is 9.47 Å². The van der Waals surface area contributed by atoms with Crippen LogP contribution < -0.4 is 0 Å². The summed E-state index contributed by atoms with van der Waals surface area (Å²) in [7, 11) is 0. The number of aryl methyl sites for hydroxylation is 1. The zero-order valence-electron chi connectivity index (χ0n) is 16.7. The Bertz CT molecular complexity index is 953. The molecule has 1 N–H and O–H groups in total. The van der Waals surface area contributed by atoms with Gasteiger partial charge >= 0.3 is 0 Å². The van der Waals surface area contributed by atoms with Gasteiger partial charge < -0.3 is 14.6 Å². The van der Waals surface area contributed by atoms with E-state index < -0.39 is 5.60 Å². The Morgan fingerprint density at radius 2 is 2.03 bits per heavy atom. The maximum absolute atomic E-state index is 14.5. The van der Waals surface area contributed by atoms with Crippen LogP contribution in [0.3, 0.4) is 0 Å². The number of phenolic OH excluding ortho intramolecular Hbond substituents is 1. The van der Waals surface area contributed by atoms with Gasteiger partial charge in [-0.15, -0.1) is 0 Å². The van der Waals surface area contributed by atoms with Gasteiger partial charge in [-0.05, 0) is 60.9 Å². The molecule has 0 bridgehead atoms. The van der Waals surface area contributed by atoms with Gasteiger partial charge in [0.2, 0.25) is 0 Å². The highest BCUT2D eigenvalue weighted by atomic mass is 19.1. The van der Waals surface area contributed by atoms with Crippen molar-refractivity contribution >= 4 is 5.78 Å². The number of hydrogen-bond donors (Lipinski definition) is 1. The van der Waals surface area contributed by atoms with E-state index in [0.29, 0.717) is 36.1 Å². The Morgan fingerprint density at radius 1 is 1.28 bits per heavy atom. The predicted octanol–water partition coefficient (Wildman–Crippen LogP) is 4.48. The molecule has 1 aliphatic heterocycles. The third-order valence-electron chi connectivity index (χ3n) is 6.19. The molecular weight excluding hydrogens is 371 g/mol. The first kappa shape index (κ1) is 19.6. The first-order valence-electron chi connectivity index (χ1n) is 9.94. The first-order valence-corrected chi connectivity index (χ1v) is 9.94. The minimum Gasteiger partial charge on any atom is -0.508 e. The van der Waals surface area contributed by atoms with Gasteiger partial charge in [0.25, 0.3) is 0 Å². The van der Waals surface area contributed by atoms with Crippen molar-refractivity contribution < 1.29 is 23.8 Å². The molecule has 29 heavy (non-hydrogen) atoms. The second-order valence-corrected chi connectivity index (χ2v) is 8.13. The van der Waals surface area contributed by atoms with Crippen LogP contribution in [0.25, 0.3) is 0 Å². The lowest BCUT2D eigenvalue weighted by Gasteiger charge is -2.38. The van der Waals surface area contributed by atoms with Crippen LogP contribution in [0.5, 0.6) is 5.75 Å². The van der Waals surface area contributed by atoms with Gasteiger partial charge in [-0.2, -0.15) is 0 Å². The van der Waals surface area contributed by atoms with E-state index in [2.05, 4.69) is 0 Å². The molecule has 1 saturated heterocycles. The molecule has 0 radical (unpaired) electrons. The van der Waals surface area contributed by atoms with Crippen LogP contribution in [0.2, 0.25) is 0 Å². The molecule has 0 amide bonds. The van der Waals surface area contributed by atoms with Gasteiger partial charge in [-0.25, -0.2) is 4.39 Å². The molecule has 0 aromatic heterocycles. The number of rotatable bonds is 5. The van der Waals surface area contributed by atoms with Crippen molar-refractivity contribution in [2.75, 3.05) is 6.79 Å². The summed E-state index contributed by atoms with van der Waals surface area (Å²) in [5.74, 6) is -0.0554. The molecule has 2 aliphatic rings. The molecule has 0 spiro atoms. The number of hydrogen-bond acceptors (Lipinski definition) is 4. The number of ketones is 1. The zero-order valence-corrected chi connectivity index (χ0v) is 16.7. The zero-order chi connectivity index (χ0) is 20.6. The maximum atomic E-state index is 14.5. The van der Waals surface area contributed by atoms with E-state index in [1.54, 1.807) is 13.0 Å². The lowest BCUT2D eigenvalue weighted by atomic mass is 9.71. The number of benzene rings is 2. The van der Waals surface area contributed by atoms with Crippen molar-refractivity contribution in [2.45, 2.75) is 38.7 Å². The van der Waals surface area contributed by atoms with Gasteiger partial charge in [-0.1, -0.05) is 37.3 Å². The topological polar surface area (TPSA) is 55.8 Å². The second kappa shape index (κ2) is 7.64. The van der Waals surface area contributed by atoms with Gasteiger partial charge in [0.05, 0.1) is 0 Å². The van der Waals surface area contributed by atoms with Crippen molar-refractivity contribution in [1.82, 2.24) is 0 Å². The van der Waals surface area contributed by atoms with E-state index in [9.17, 15) is 14.3 Å². The third kappa shape index (κ3) is 3.67. The number of ether oxygens (including phenoxy) is 2. The standard InChI is InChI=1S/C24H25FO4/c1-15-8-20(25)18(11-21(15)26)9-16(2)24-13-19(10-17-6-4-3-5-7-17)22(27)12-23(24)28-14-29-24/h3-8,11-12,16,19,26H,9-10,13-14H2,1-2H3/t16-,19-,24+/m0/s1. The molecule has 4 nitrogen and oxygen atoms in total. The van der Waals surface area contributed by atoms with Crippen LogP contribution in [0.4, 0.5) is 4.39 Å². The summed E-state index contributed by atoms with van der Waals surface area (Å²) in [6.07, 6.45) is 3.05. The number of phenols is 1. The van der Waals surface area contributed by atoms with E-state index in [1.165, 1.54) is 12.1 Å². The summed E-state index contributed by atoms with van der Waals surface area (Å²) >= 11 is 0. The van der Waals surface area contributed by atoms with Crippen LogP contribution in [-0.2, 0) is 27.1 Å². The van der Waals surface area contributed by atoms with Crippen molar-refractivity contribution in [1.29, 1.82) is 0 Å². The van der Waals surface area contributed by atoms with E-state index in [-0.39, 0.29) is 36.0 Å². The van der Waals surface area contributed by atoms with Crippen LogP contribution in [0.15, 0.2) is 54.3 Å². The lowest BCUT2D eigenvalue weighted by molar-refractivity contribution is -0.123. The first-order chi connectivity index (χ1) is 13.9. The summed E-state index contributed by atoms with van der Waals surface area (Å²) in [6.45, 7) is 3.73. The number of fused-ring (bicyclic) bond motifs is 1. The minimum absolute atomic E-state index is 0.0383. The highest BCUT2D eigenvalue weighted by molar-refractivity contribution is 5.94. The smallest absolute Gasteiger partial charge is 0.189 e. The van der Waals surface area contributed by atoms with E-state index in [0.717, 1.165) is 5.56 Å². The molecule has 4 rings (SSSR count). The van der Waals surface area contributed by atoms with Gasteiger partial charge in [0, 0.05) is 12.0 Å². The fraction of sp³-hybridized carbons (Fsp3) is 0.375. The second-order valence-electron chi connectivity index (χ2n) is 8.13. The molecule has 0 saturated carbocycles. The van der Waals surface area contributed by atoms with Crippen molar-refractivity contribution in [3.63, 3.8) is 0 Å². The summed E-state index contributed by atoms with van der Waals surface area (Å²) < 4.78 is 26.2. The quantitative estimate of drug-likeness (QED) is 0.810. The lowest BCUT2D eigenvalue weighted by Crippen LogP contribution is -2.45. The molecule has 1 aliphatic carbocycles. The van der Waals surface area contributed by atoms with Gasteiger partial charge in [-0.3, -0.25) is 4.79 Å². The van der Waals surface area contributed by atoms with Crippen LogP contribution in [-0.4, -0.2) is 23.3 Å². The number of carbonyl (C=O) groups excluding carboxylic acids is 1. The van der Waals surface area contributed by atoms with Gasteiger partial charge in [0.1, 0.15) is 22.9 Å². The third-order valence-corrected chi connectivity index (χ3v) is 6.19. The van der Waals surface area contributed by atoms with Crippen LogP contribution in [0, 0.1) is 24.6 Å². The molecule has 5 heteroatoms. The molecule has 2 aromatic carbocycles. The highest BCUT2D eigenvalue weighted by Gasteiger charge is 2.51. The average Bonchev–Trinajstić information content (AvgIpc) is 3.11. The Morgan fingerprint density at radius 3 is 2.79 bits per heavy atom. The molecule has 2 aromatic rings. The van der Waals surface area contributed by atoms with E-state index >= 15 is 0 Å². The molecule has 152 valence electrons. The molecule has 1 heterocycles. The number of carbonyl (C=O) groups is 1. The van der Waals surface area contributed by atoms with Gasteiger partial charge in [0.15, 0.2) is 12.6 Å². The Kier molecular flexibility index (Phi) is 5.17. The number of aromatic hydroxyl groups is 1. The highest BCUT2D eigenvalue weighted by Crippen LogP contribution is 2.46. The molecule has 3 atom stereocenters. The summed E-state index contributed by atoms with van der Waals surface area (Å²) in [5, 5.41) is 10.00. The largest absolute Gasteiger partial charge is 0.508 e. The monoisotopic (exact) mass is 396 g/mol. The van der Waals surface area contributed by atoms with Crippen LogP contribution in [0.1, 0.15) is 30.0 Å². The molecule has 0 unspecified atom stereocenters. The fourth-order valence-corrected chi connectivity index (χ4v) is 4.44. The minimum atomic E-state index is -0.764. The average molecular weight is 396 g/mol. The number of halogens is 1. The van der Waals surface area contributed by atoms with Crippen molar-refractivity contribution in [2.24, 2.45) is 11.8 Å². The maximum Gasteiger partial charge on any atom is 0.189 e. The van der Waals surface area contributed by atoms with Crippen LogP contribution >= 0.6 is 0 Å². The SMILES string of the molecule is Cc1cc(F)c(C[C@H](C)[C@]23C[C@H](Cc4ccccc4)C(=O)C=C2OCO3)cc1O. The number of allylic oxidation sites excluding steroid dienone is 1. The van der Waals surface area contributed by atoms with Crippen molar-refractivity contribution in [3.05, 3.63) is 76.8 Å². The Labute approximate surface area is 170 Å². The summed E-state index contributed by atoms with van der Waals surface area (Å²) in [4.78, 5) is 12.7. The molecular formula is C24H25FO4. The normalized spacial score (nSPS) is 24.6. The predicted molar refractivity (Wildman–Crippen MR) is 107 cm³/mol. The molecule has 1 fully saturated rings. The Hall–Kier alpha value is -2.66. The van der Waals surface area contributed by atoms with E-state index in [1.807, 2.05) is 37.3 Å². The fourth-order valence-electron chi connectivity index (χ4n) is 4.44. The Balaban J connectivity index is 1.61. The summed E-state index contributed by atoms with van der Waals surface area (Å²) in [6, 6.07) is 12.7. The van der Waals surface area contributed by atoms with Crippen molar-refractivity contribution in [3.8, 4) is 5.75 Å². The summed E-state index contributed by atoms with van der Waals surface area (Å²) in [5.41, 5.74) is 1.27.